The molecule has 0 aromatic heterocycles. The summed E-state index contributed by atoms with van der Waals surface area (Å²) in [6.45, 7) is 0. The van der Waals surface area contributed by atoms with E-state index >= 15 is 0 Å². The Morgan fingerprint density at radius 1 is 0.833 bits per heavy atom. The van der Waals surface area contributed by atoms with Crippen molar-refractivity contribution in [3.8, 4) is 0 Å². The van der Waals surface area contributed by atoms with Crippen molar-refractivity contribution in [3.63, 3.8) is 0 Å². The summed E-state index contributed by atoms with van der Waals surface area (Å²) in [6.07, 6.45) is 15.2. The van der Waals surface area contributed by atoms with Crippen LogP contribution in [0.3, 0.4) is 0 Å². The second-order valence-corrected chi connectivity index (χ2v) is 3.84. The normalized spacial score (nSPS) is 23.3. The Labute approximate surface area is 76.0 Å². The van der Waals surface area contributed by atoms with Crippen LogP contribution >= 0.6 is 0 Å². The molecule has 0 amide bonds. The van der Waals surface area contributed by atoms with E-state index in [-0.39, 0.29) is 0 Å². The van der Waals surface area contributed by atoms with Crippen molar-refractivity contribution in [3.05, 3.63) is 12.3 Å². The molecule has 0 aliphatic heterocycles. The Kier molecular flexibility index (Phi) is 4.89. The Morgan fingerprint density at radius 2 is 1.33 bits per heavy atom. The quantitative estimate of drug-likeness (QED) is 0.637. The third-order valence-corrected chi connectivity index (χ3v) is 2.78. The SMILES string of the molecule is N/C=C/C1CCCCCCCC1. The van der Waals surface area contributed by atoms with E-state index in [0.717, 1.165) is 5.92 Å². The van der Waals surface area contributed by atoms with Crippen LogP contribution in [0.5, 0.6) is 0 Å². The van der Waals surface area contributed by atoms with Crippen molar-refractivity contribution in [2.24, 2.45) is 11.7 Å². The number of nitrogens with two attached hydrogens (primary N) is 1. The van der Waals surface area contributed by atoms with Crippen molar-refractivity contribution in [2.75, 3.05) is 0 Å². The Morgan fingerprint density at radius 3 is 1.83 bits per heavy atom. The fourth-order valence-electron chi connectivity index (χ4n) is 2.01. The highest BCUT2D eigenvalue weighted by Crippen LogP contribution is 2.22. The van der Waals surface area contributed by atoms with Gasteiger partial charge in [-0.25, -0.2) is 0 Å². The molecule has 1 heteroatoms. The maximum Gasteiger partial charge on any atom is -0.0100 e. The van der Waals surface area contributed by atoms with Gasteiger partial charge in [0.25, 0.3) is 0 Å². The first-order valence-corrected chi connectivity index (χ1v) is 5.32. The maximum atomic E-state index is 5.41. The van der Waals surface area contributed by atoms with Gasteiger partial charge >= 0.3 is 0 Å². The fourth-order valence-corrected chi connectivity index (χ4v) is 2.01. The number of rotatable bonds is 1. The van der Waals surface area contributed by atoms with Crippen molar-refractivity contribution >= 4 is 0 Å². The van der Waals surface area contributed by atoms with Gasteiger partial charge in [0.15, 0.2) is 0 Å². The highest BCUT2D eigenvalue weighted by atomic mass is 14.5. The molecule has 2 N–H and O–H groups in total. The van der Waals surface area contributed by atoms with Crippen molar-refractivity contribution in [2.45, 2.75) is 51.4 Å². The van der Waals surface area contributed by atoms with Crippen LogP contribution in [0.4, 0.5) is 0 Å². The Hall–Kier alpha value is -0.460. The topological polar surface area (TPSA) is 26.0 Å². The van der Waals surface area contributed by atoms with Gasteiger partial charge in [-0.3, -0.25) is 0 Å². The lowest BCUT2D eigenvalue weighted by atomic mass is 9.97. The van der Waals surface area contributed by atoms with E-state index in [1.807, 2.05) is 0 Å². The van der Waals surface area contributed by atoms with Crippen LogP contribution in [-0.2, 0) is 0 Å². The molecule has 1 aliphatic carbocycles. The number of hydrogen-bond donors (Lipinski definition) is 1. The average Bonchev–Trinajstić information content (AvgIpc) is 2.19. The van der Waals surface area contributed by atoms with Gasteiger partial charge in [0.2, 0.25) is 0 Å². The lowest BCUT2D eigenvalue weighted by Gasteiger charge is -2.09. The summed E-state index contributed by atoms with van der Waals surface area (Å²) in [5.41, 5.74) is 5.41. The van der Waals surface area contributed by atoms with E-state index in [0.29, 0.717) is 0 Å². The second kappa shape index (κ2) is 6.10. The zero-order valence-electron chi connectivity index (χ0n) is 7.97. The molecular weight excluding hydrogens is 146 g/mol. The molecule has 0 aromatic carbocycles. The summed E-state index contributed by atoms with van der Waals surface area (Å²) in [6, 6.07) is 0. The molecule has 0 bridgehead atoms. The van der Waals surface area contributed by atoms with Gasteiger partial charge < -0.3 is 5.73 Å². The zero-order chi connectivity index (χ0) is 8.65. The van der Waals surface area contributed by atoms with Crippen LogP contribution in [-0.4, -0.2) is 0 Å². The molecular formula is C11H21N. The van der Waals surface area contributed by atoms with Crippen molar-refractivity contribution in [1.82, 2.24) is 0 Å². The molecule has 1 aliphatic rings. The first-order chi connectivity index (χ1) is 5.93. The monoisotopic (exact) mass is 167 g/mol. The lowest BCUT2D eigenvalue weighted by Crippen LogP contribution is -1.97. The molecule has 1 nitrogen and oxygen atoms in total. The number of allylic oxidation sites excluding steroid dienone is 1. The minimum atomic E-state index is 0.771. The van der Waals surface area contributed by atoms with Crippen LogP contribution in [0.25, 0.3) is 0 Å². The average molecular weight is 167 g/mol. The van der Waals surface area contributed by atoms with E-state index in [4.69, 9.17) is 5.73 Å². The van der Waals surface area contributed by atoms with E-state index in [1.165, 1.54) is 51.4 Å². The van der Waals surface area contributed by atoms with Gasteiger partial charge in [-0.1, -0.05) is 44.6 Å². The molecule has 12 heavy (non-hydrogen) atoms. The van der Waals surface area contributed by atoms with E-state index < -0.39 is 0 Å². The van der Waals surface area contributed by atoms with Crippen LogP contribution in [0.1, 0.15) is 51.4 Å². The first kappa shape index (κ1) is 9.63. The summed E-state index contributed by atoms with van der Waals surface area (Å²) in [5.74, 6) is 0.771. The van der Waals surface area contributed by atoms with Crippen molar-refractivity contribution < 1.29 is 0 Å². The standard InChI is InChI=1S/C11H21N/c12-10-9-11-7-5-3-1-2-4-6-8-11/h9-11H,1-8,12H2/b10-9+. The fraction of sp³-hybridized carbons (Fsp3) is 0.818. The molecule has 0 saturated heterocycles. The van der Waals surface area contributed by atoms with Crippen LogP contribution < -0.4 is 5.73 Å². The van der Waals surface area contributed by atoms with E-state index in [2.05, 4.69) is 6.08 Å². The summed E-state index contributed by atoms with van der Waals surface area (Å²) in [4.78, 5) is 0. The van der Waals surface area contributed by atoms with Gasteiger partial charge in [-0.15, -0.1) is 0 Å². The second-order valence-electron chi connectivity index (χ2n) is 3.84. The summed E-state index contributed by atoms with van der Waals surface area (Å²) in [7, 11) is 0. The predicted molar refractivity (Wildman–Crippen MR) is 53.8 cm³/mol. The molecule has 0 atom stereocenters. The third kappa shape index (κ3) is 3.80. The third-order valence-electron chi connectivity index (χ3n) is 2.78. The molecule has 1 fully saturated rings. The maximum absolute atomic E-state index is 5.41. The first-order valence-electron chi connectivity index (χ1n) is 5.32. The van der Waals surface area contributed by atoms with Gasteiger partial charge in [0.05, 0.1) is 0 Å². The summed E-state index contributed by atoms with van der Waals surface area (Å²) < 4.78 is 0. The molecule has 70 valence electrons. The molecule has 0 spiro atoms. The largest absolute Gasteiger partial charge is 0.405 e. The Bertz CT molecular complexity index is 119. The summed E-state index contributed by atoms with van der Waals surface area (Å²) in [5, 5.41) is 0. The molecule has 0 unspecified atom stereocenters. The van der Waals surface area contributed by atoms with E-state index in [1.54, 1.807) is 6.20 Å². The molecule has 0 radical (unpaired) electrons. The molecule has 0 heterocycles. The van der Waals surface area contributed by atoms with Gasteiger partial charge in [-0.2, -0.15) is 0 Å². The molecule has 1 rings (SSSR count). The minimum Gasteiger partial charge on any atom is -0.405 e. The van der Waals surface area contributed by atoms with Gasteiger partial charge in [-0.05, 0) is 25.0 Å². The van der Waals surface area contributed by atoms with Gasteiger partial charge in [0, 0.05) is 0 Å². The van der Waals surface area contributed by atoms with Crippen molar-refractivity contribution in [1.29, 1.82) is 0 Å². The van der Waals surface area contributed by atoms with Crippen LogP contribution in [0.15, 0.2) is 12.3 Å². The predicted octanol–water partition coefficient (Wildman–Crippen LogP) is 3.21. The minimum absolute atomic E-state index is 0.771. The number of hydrogen-bond acceptors (Lipinski definition) is 1. The van der Waals surface area contributed by atoms with E-state index in [9.17, 15) is 0 Å². The highest BCUT2D eigenvalue weighted by Gasteiger charge is 2.06. The molecule has 0 aromatic rings. The molecule has 1 saturated carbocycles. The highest BCUT2D eigenvalue weighted by molar-refractivity contribution is 4.84. The van der Waals surface area contributed by atoms with Gasteiger partial charge in [0.1, 0.15) is 0 Å². The summed E-state index contributed by atoms with van der Waals surface area (Å²) >= 11 is 0. The van der Waals surface area contributed by atoms with Crippen LogP contribution in [0.2, 0.25) is 0 Å². The lowest BCUT2D eigenvalue weighted by molar-refractivity contribution is 0.510. The zero-order valence-corrected chi connectivity index (χ0v) is 7.97. The Balaban J connectivity index is 2.28. The van der Waals surface area contributed by atoms with Crippen LogP contribution in [0, 0.1) is 5.92 Å². The smallest absolute Gasteiger partial charge is 0.0100 e.